The second-order valence-corrected chi connectivity index (χ2v) is 4.95. The fourth-order valence-corrected chi connectivity index (χ4v) is 2.03. The van der Waals surface area contributed by atoms with E-state index in [-0.39, 0.29) is 5.41 Å². The highest BCUT2D eigenvalue weighted by molar-refractivity contribution is 5.11. The molecule has 0 bridgehead atoms. The molecule has 1 aliphatic rings. The Morgan fingerprint density at radius 2 is 2.20 bits per heavy atom. The Kier molecular flexibility index (Phi) is 2.78. The van der Waals surface area contributed by atoms with Gasteiger partial charge in [0.15, 0.2) is 5.82 Å². The number of nitrogens with zero attached hydrogens (tertiary/aromatic N) is 2. The summed E-state index contributed by atoms with van der Waals surface area (Å²) in [6, 6.07) is 0. The zero-order chi connectivity index (χ0) is 10.9. The molecular weight excluding hydrogens is 190 g/mol. The van der Waals surface area contributed by atoms with E-state index in [1.54, 1.807) is 0 Å². The standard InChI is InChI=1S/C11H19N3O/c1-8(2)6-9-13-10(15-14-9)11(7-12)4-3-5-11/h8H,3-7,12H2,1-2H3. The van der Waals surface area contributed by atoms with Gasteiger partial charge in [0.05, 0.1) is 5.41 Å². The van der Waals surface area contributed by atoms with Crippen molar-refractivity contribution >= 4 is 0 Å². The Labute approximate surface area is 90.2 Å². The van der Waals surface area contributed by atoms with Crippen molar-refractivity contribution in [1.82, 2.24) is 10.1 Å². The molecule has 0 aliphatic heterocycles. The lowest BCUT2D eigenvalue weighted by Crippen LogP contribution is -2.41. The molecule has 0 atom stereocenters. The van der Waals surface area contributed by atoms with Crippen molar-refractivity contribution < 1.29 is 4.52 Å². The third kappa shape index (κ3) is 1.91. The predicted molar refractivity (Wildman–Crippen MR) is 57.4 cm³/mol. The molecule has 0 aromatic carbocycles. The average Bonchev–Trinajstić information content (AvgIpc) is 2.51. The summed E-state index contributed by atoms with van der Waals surface area (Å²) >= 11 is 0. The van der Waals surface area contributed by atoms with Crippen LogP contribution in [-0.4, -0.2) is 16.7 Å². The van der Waals surface area contributed by atoms with Gasteiger partial charge in [-0.25, -0.2) is 0 Å². The molecule has 1 saturated carbocycles. The first-order chi connectivity index (χ1) is 7.16. The lowest BCUT2D eigenvalue weighted by Gasteiger charge is -2.36. The van der Waals surface area contributed by atoms with Crippen molar-refractivity contribution in [1.29, 1.82) is 0 Å². The van der Waals surface area contributed by atoms with E-state index in [1.165, 1.54) is 6.42 Å². The Hall–Kier alpha value is -0.900. The summed E-state index contributed by atoms with van der Waals surface area (Å²) < 4.78 is 5.32. The maximum Gasteiger partial charge on any atom is 0.234 e. The van der Waals surface area contributed by atoms with Crippen LogP contribution in [0.1, 0.15) is 44.8 Å². The molecular formula is C11H19N3O. The number of rotatable bonds is 4. The monoisotopic (exact) mass is 209 g/mol. The van der Waals surface area contributed by atoms with Crippen molar-refractivity contribution in [3.05, 3.63) is 11.7 Å². The van der Waals surface area contributed by atoms with E-state index in [2.05, 4.69) is 24.0 Å². The molecule has 1 fully saturated rings. The van der Waals surface area contributed by atoms with Crippen molar-refractivity contribution in [2.75, 3.05) is 6.54 Å². The third-order valence-corrected chi connectivity index (χ3v) is 3.21. The lowest BCUT2D eigenvalue weighted by molar-refractivity contribution is 0.181. The first kappa shape index (κ1) is 10.6. The third-order valence-electron chi connectivity index (χ3n) is 3.21. The van der Waals surface area contributed by atoms with Gasteiger partial charge in [0.25, 0.3) is 0 Å². The van der Waals surface area contributed by atoms with Gasteiger partial charge in [-0.3, -0.25) is 0 Å². The van der Waals surface area contributed by atoms with Crippen LogP contribution in [0.15, 0.2) is 4.52 Å². The molecule has 2 rings (SSSR count). The van der Waals surface area contributed by atoms with E-state index < -0.39 is 0 Å². The van der Waals surface area contributed by atoms with Gasteiger partial charge >= 0.3 is 0 Å². The summed E-state index contributed by atoms with van der Waals surface area (Å²) in [4.78, 5) is 4.46. The number of aromatic nitrogens is 2. The minimum absolute atomic E-state index is 0.00221. The van der Waals surface area contributed by atoms with Gasteiger partial charge in [0.2, 0.25) is 5.89 Å². The quantitative estimate of drug-likeness (QED) is 0.818. The molecule has 0 saturated heterocycles. The molecule has 15 heavy (non-hydrogen) atoms. The maximum atomic E-state index is 5.78. The lowest BCUT2D eigenvalue weighted by atomic mass is 9.69. The van der Waals surface area contributed by atoms with Crippen molar-refractivity contribution in [2.24, 2.45) is 11.7 Å². The van der Waals surface area contributed by atoms with E-state index in [0.717, 1.165) is 31.0 Å². The van der Waals surface area contributed by atoms with Crippen molar-refractivity contribution in [2.45, 2.75) is 44.9 Å². The summed E-state index contributed by atoms with van der Waals surface area (Å²) in [6.07, 6.45) is 4.28. The summed E-state index contributed by atoms with van der Waals surface area (Å²) in [7, 11) is 0. The van der Waals surface area contributed by atoms with Crippen LogP contribution in [0.3, 0.4) is 0 Å². The fraction of sp³-hybridized carbons (Fsp3) is 0.818. The van der Waals surface area contributed by atoms with Gasteiger partial charge in [0, 0.05) is 13.0 Å². The predicted octanol–water partition coefficient (Wildman–Crippen LogP) is 1.65. The minimum Gasteiger partial charge on any atom is -0.339 e. The number of hydrogen-bond acceptors (Lipinski definition) is 4. The van der Waals surface area contributed by atoms with Gasteiger partial charge in [-0.15, -0.1) is 0 Å². The van der Waals surface area contributed by atoms with E-state index in [4.69, 9.17) is 10.3 Å². The highest BCUT2D eigenvalue weighted by Gasteiger charge is 2.42. The number of nitrogens with two attached hydrogens (primary N) is 1. The topological polar surface area (TPSA) is 64.9 Å². The maximum absolute atomic E-state index is 5.78. The van der Waals surface area contributed by atoms with Crippen LogP contribution in [0.4, 0.5) is 0 Å². The fourth-order valence-electron chi connectivity index (χ4n) is 2.03. The van der Waals surface area contributed by atoms with Crippen LogP contribution in [0.2, 0.25) is 0 Å². The van der Waals surface area contributed by atoms with Crippen LogP contribution >= 0.6 is 0 Å². The molecule has 4 heteroatoms. The summed E-state index contributed by atoms with van der Waals surface area (Å²) in [5, 5.41) is 4.01. The van der Waals surface area contributed by atoms with Crippen LogP contribution in [-0.2, 0) is 11.8 Å². The van der Waals surface area contributed by atoms with Crippen LogP contribution in [0, 0.1) is 5.92 Å². The second kappa shape index (κ2) is 3.93. The first-order valence-electron chi connectivity index (χ1n) is 5.69. The minimum atomic E-state index is 0.00221. The Morgan fingerprint density at radius 1 is 1.47 bits per heavy atom. The van der Waals surface area contributed by atoms with Crippen LogP contribution in [0.25, 0.3) is 0 Å². The SMILES string of the molecule is CC(C)Cc1noc(C2(CN)CCC2)n1. The first-order valence-corrected chi connectivity index (χ1v) is 5.69. The Morgan fingerprint density at radius 3 is 2.67 bits per heavy atom. The molecule has 1 heterocycles. The zero-order valence-corrected chi connectivity index (χ0v) is 9.49. The summed E-state index contributed by atoms with van der Waals surface area (Å²) in [5.74, 6) is 2.14. The highest BCUT2D eigenvalue weighted by Crippen LogP contribution is 2.41. The van der Waals surface area contributed by atoms with Gasteiger partial charge in [-0.2, -0.15) is 4.98 Å². The Balaban J connectivity index is 2.12. The molecule has 0 unspecified atom stereocenters. The molecule has 1 aromatic heterocycles. The molecule has 4 nitrogen and oxygen atoms in total. The van der Waals surface area contributed by atoms with Crippen molar-refractivity contribution in [3.63, 3.8) is 0 Å². The molecule has 0 spiro atoms. The van der Waals surface area contributed by atoms with Gasteiger partial charge in [-0.1, -0.05) is 25.4 Å². The molecule has 1 aliphatic carbocycles. The van der Waals surface area contributed by atoms with Crippen molar-refractivity contribution in [3.8, 4) is 0 Å². The largest absolute Gasteiger partial charge is 0.339 e. The molecule has 2 N–H and O–H groups in total. The van der Waals surface area contributed by atoms with Gasteiger partial charge < -0.3 is 10.3 Å². The summed E-state index contributed by atoms with van der Waals surface area (Å²) in [5.41, 5.74) is 5.79. The molecule has 1 aromatic rings. The zero-order valence-electron chi connectivity index (χ0n) is 9.49. The van der Waals surface area contributed by atoms with E-state index >= 15 is 0 Å². The highest BCUT2D eigenvalue weighted by atomic mass is 16.5. The smallest absolute Gasteiger partial charge is 0.234 e. The second-order valence-electron chi connectivity index (χ2n) is 4.95. The van der Waals surface area contributed by atoms with E-state index in [9.17, 15) is 0 Å². The van der Waals surface area contributed by atoms with E-state index in [1.807, 2.05) is 0 Å². The Bertz CT molecular complexity index is 323. The normalized spacial score (nSPS) is 19.2. The molecule has 0 radical (unpaired) electrons. The van der Waals surface area contributed by atoms with Gasteiger partial charge in [-0.05, 0) is 18.8 Å². The summed E-state index contributed by atoms with van der Waals surface area (Å²) in [6.45, 7) is 4.92. The average molecular weight is 209 g/mol. The van der Waals surface area contributed by atoms with Gasteiger partial charge in [0.1, 0.15) is 0 Å². The van der Waals surface area contributed by atoms with Crippen LogP contribution in [0.5, 0.6) is 0 Å². The van der Waals surface area contributed by atoms with Crippen LogP contribution < -0.4 is 5.73 Å². The number of hydrogen-bond donors (Lipinski definition) is 1. The molecule has 0 amide bonds. The molecule has 84 valence electrons. The van der Waals surface area contributed by atoms with E-state index in [0.29, 0.717) is 12.5 Å².